The first kappa shape index (κ1) is 27.4. The third kappa shape index (κ3) is 7.67. The van der Waals surface area contributed by atoms with Crippen LogP contribution in [0.1, 0.15) is 39.2 Å². The van der Waals surface area contributed by atoms with Gasteiger partial charge >= 0.3 is 12.1 Å². The zero-order valence-electron chi connectivity index (χ0n) is 22.3. The van der Waals surface area contributed by atoms with Crippen LogP contribution in [0, 0.1) is 0 Å². The van der Waals surface area contributed by atoms with Crippen molar-refractivity contribution >= 4 is 23.8 Å². The van der Waals surface area contributed by atoms with Crippen LogP contribution in [0.4, 0.5) is 10.6 Å². The Balaban J connectivity index is 1.32. The van der Waals surface area contributed by atoms with Crippen LogP contribution in [0.25, 0.3) is 0 Å². The van der Waals surface area contributed by atoms with Crippen molar-refractivity contribution in [3.05, 3.63) is 54.2 Å². The molecule has 1 aromatic heterocycles. The van der Waals surface area contributed by atoms with Gasteiger partial charge in [-0.15, -0.1) is 0 Å². The highest BCUT2D eigenvalue weighted by molar-refractivity contribution is 5.88. The quantitative estimate of drug-likeness (QED) is 0.533. The maximum Gasteiger partial charge on any atom is 0.415 e. The highest BCUT2D eigenvalue weighted by Gasteiger charge is 2.30. The molecule has 0 saturated carbocycles. The number of piperazine rings is 1. The summed E-state index contributed by atoms with van der Waals surface area (Å²) in [5.74, 6) is 0.631. The smallest absolute Gasteiger partial charge is 0.415 e. The van der Waals surface area contributed by atoms with Crippen molar-refractivity contribution in [2.45, 2.75) is 57.7 Å². The van der Waals surface area contributed by atoms with Crippen molar-refractivity contribution in [1.82, 2.24) is 20.5 Å². The largest absolute Gasteiger partial charge is 0.458 e. The molecule has 0 unspecified atom stereocenters. The minimum atomic E-state index is -0.826. The van der Waals surface area contributed by atoms with Crippen LogP contribution in [0.3, 0.4) is 0 Å². The van der Waals surface area contributed by atoms with Gasteiger partial charge in [0.25, 0.3) is 0 Å². The number of pyridine rings is 1. The normalized spacial score (nSPS) is 18.6. The summed E-state index contributed by atoms with van der Waals surface area (Å²) in [6.45, 7) is 8.62. The van der Waals surface area contributed by atoms with E-state index >= 15 is 0 Å². The molecular formula is C28H37N5O5. The topological polar surface area (TPSA) is 113 Å². The van der Waals surface area contributed by atoms with Crippen molar-refractivity contribution in [2.75, 3.05) is 37.6 Å². The van der Waals surface area contributed by atoms with E-state index in [0.717, 1.165) is 30.8 Å². The van der Waals surface area contributed by atoms with Gasteiger partial charge in [0.2, 0.25) is 5.91 Å². The van der Waals surface area contributed by atoms with Crippen LogP contribution in [-0.2, 0) is 20.7 Å². The fraction of sp³-hybridized carbons (Fsp3) is 0.500. The molecule has 2 aromatic rings. The van der Waals surface area contributed by atoms with E-state index in [1.54, 1.807) is 56.1 Å². The molecule has 10 nitrogen and oxygen atoms in total. The highest BCUT2D eigenvalue weighted by atomic mass is 16.6. The molecule has 0 bridgehead atoms. The Morgan fingerprint density at radius 1 is 1.08 bits per heavy atom. The molecule has 2 fully saturated rings. The molecule has 204 valence electrons. The number of esters is 1. The number of aromatic nitrogens is 1. The standard InChI is InChI=1S/C28H37N5O5/c1-28(2,3)38-26(35)23(31-25(34)22-7-6-14-29-22)19-20-9-11-21(12-10-20)37-27(36)33-17-15-32(16-18-33)24-8-4-5-13-30-24/h4-5,8-13,22-23,29H,6-7,14-19H2,1-3H3,(H,31,34)/t22-,23-/m0/s1. The number of nitrogens with one attached hydrogen (secondary N) is 2. The lowest BCUT2D eigenvalue weighted by atomic mass is 10.0. The summed E-state index contributed by atoms with van der Waals surface area (Å²) in [6.07, 6.45) is 3.29. The molecule has 2 aliphatic heterocycles. The second-order valence-electron chi connectivity index (χ2n) is 10.6. The summed E-state index contributed by atoms with van der Waals surface area (Å²) in [7, 11) is 0. The number of amides is 2. The van der Waals surface area contributed by atoms with Crippen molar-refractivity contribution in [3.8, 4) is 5.75 Å². The number of ether oxygens (including phenoxy) is 2. The Labute approximate surface area is 223 Å². The van der Waals surface area contributed by atoms with Crippen molar-refractivity contribution < 1.29 is 23.9 Å². The second kappa shape index (κ2) is 12.3. The third-order valence-corrected chi connectivity index (χ3v) is 6.46. The van der Waals surface area contributed by atoms with Gasteiger partial charge in [-0.25, -0.2) is 14.6 Å². The van der Waals surface area contributed by atoms with Crippen LogP contribution >= 0.6 is 0 Å². The Kier molecular flexibility index (Phi) is 8.83. The molecular weight excluding hydrogens is 486 g/mol. The summed E-state index contributed by atoms with van der Waals surface area (Å²) in [5.41, 5.74) is 0.136. The Morgan fingerprint density at radius 2 is 1.82 bits per heavy atom. The van der Waals surface area contributed by atoms with E-state index in [1.807, 2.05) is 18.2 Å². The number of nitrogens with zero attached hydrogens (tertiary/aromatic N) is 3. The molecule has 3 heterocycles. The van der Waals surface area contributed by atoms with Gasteiger partial charge in [0.15, 0.2) is 0 Å². The predicted molar refractivity (Wildman–Crippen MR) is 143 cm³/mol. The van der Waals surface area contributed by atoms with Gasteiger partial charge in [0.1, 0.15) is 23.2 Å². The van der Waals surface area contributed by atoms with Crippen LogP contribution < -0.4 is 20.3 Å². The van der Waals surface area contributed by atoms with Gasteiger partial charge in [-0.3, -0.25) is 4.79 Å². The fourth-order valence-corrected chi connectivity index (χ4v) is 4.50. The van der Waals surface area contributed by atoms with Crippen molar-refractivity contribution in [3.63, 3.8) is 0 Å². The molecule has 2 aliphatic rings. The number of rotatable bonds is 7. The molecule has 1 aromatic carbocycles. The van der Waals surface area contributed by atoms with Crippen LogP contribution in [0.5, 0.6) is 5.75 Å². The molecule has 2 amide bonds. The number of carbonyl (C=O) groups is 3. The summed E-state index contributed by atoms with van der Waals surface area (Å²) < 4.78 is 11.1. The van der Waals surface area contributed by atoms with E-state index in [9.17, 15) is 14.4 Å². The number of anilines is 1. The second-order valence-corrected chi connectivity index (χ2v) is 10.6. The van der Waals surface area contributed by atoms with Crippen LogP contribution in [0.15, 0.2) is 48.7 Å². The van der Waals surface area contributed by atoms with Gasteiger partial charge < -0.3 is 29.9 Å². The van der Waals surface area contributed by atoms with Crippen molar-refractivity contribution in [1.29, 1.82) is 0 Å². The zero-order chi connectivity index (χ0) is 27.1. The molecule has 0 spiro atoms. The first-order chi connectivity index (χ1) is 18.2. The summed E-state index contributed by atoms with van der Waals surface area (Å²) >= 11 is 0. The predicted octanol–water partition coefficient (Wildman–Crippen LogP) is 2.52. The Morgan fingerprint density at radius 3 is 2.42 bits per heavy atom. The molecule has 0 radical (unpaired) electrons. The zero-order valence-corrected chi connectivity index (χ0v) is 22.3. The van der Waals surface area contributed by atoms with E-state index in [1.165, 1.54) is 0 Å². The van der Waals surface area contributed by atoms with Crippen molar-refractivity contribution in [2.24, 2.45) is 0 Å². The van der Waals surface area contributed by atoms with E-state index in [0.29, 0.717) is 31.9 Å². The van der Waals surface area contributed by atoms with E-state index in [-0.39, 0.29) is 18.4 Å². The summed E-state index contributed by atoms with van der Waals surface area (Å²) in [4.78, 5) is 46.5. The van der Waals surface area contributed by atoms with Gasteiger partial charge in [-0.2, -0.15) is 0 Å². The lowest BCUT2D eigenvalue weighted by Gasteiger charge is -2.34. The lowest BCUT2D eigenvalue weighted by molar-refractivity contribution is -0.158. The monoisotopic (exact) mass is 523 g/mol. The molecule has 4 rings (SSSR count). The minimum absolute atomic E-state index is 0.202. The minimum Gasteiger partial charge on any atom is -0.458 e. The fourth-order valence-electron chi connectivity index (χ4n) is 4.50. The van der Waals surface area contributed by atoms with Gasteiger partial charge in [-0.05, 0) is 70.0 Å². The maximum atomic E-state index is 12.9. The van der Waals surface area contributed by atoms with E-state index in [2.05, 4.69) is 20.5 Å². The number of hydrogen-bond acceptors (Lipinski definition) is 8. The number of benzene rings is 1. The third-order valence-electron chi connectivity index (χ3n) is 6.46. The summed E-state index contributed by atoms with van der Waals surface area (Å²) in [5, 5.41) is 6.01. The molecule has 2 N–H and O–H groups in total. The highest BCUT2D eigenvalue weighted by Crippen LogP contribution is 2.18. The number of carbonyl (C=O) groups excluding carboxylic acids is 3. The first-order valence-electron chi connectivity index (χ1n) is 13.2. The van der Waals surface area contributed by atoms with Crippen LogP contribution in [0.2, 0.25) is 0 Å². The average Bonchev–Trinajstić information content (AvgIpc) is 3.44. The molecule has 2 saturated heterocycles. The molecule has 10 heteroatoms. The van der Waals surface area contributed by atoms with Crippen LogP contribution in [-0.4, -0.2) is 78.3 Å². The Bertz CT molecular complexity index is 1090. The molecule has 38 heavy (non-hydrogen) atoms. The SMILES string of the molecule is CC(C)(C)OC(=O)[C@H](Cc1ccc(OC(=O)N2CCN(c3ccccn3)CC2)cc1)NC(=O)[C@@H]1CCCN1. The summed E-state index contributed by atoms with van der Waals surface area (Å²) in [6, 6.07) is 11.6. The first-order valence-corrected chi connectivity index (χ1v) is 13.2. The Hall–Kier alpha value is -3.66. The molecule has 0 aliphatic carbocycles. The number of hydrogen-bond donors (Lipinski definition) is 2. The van der Waals surface area contributed by atoms with Gasteiger partial charge in [-0.1, -0.05) is 18.2 Å². The maximum absolute atomic E-state index is 12.9. The van der Waals surface area contributed by atoms with E-state index < -0.39 is 23.7 Å². The lowest BCUT2D eigenvalue weighted by Crippen LogP contribution is -2.50. The average molecular weight is 524 g/mol. The van der Waals surface area contributed by atoms with Gasteiger partial charge in [0.05, 0.1) is 6.04 Å². The van der Waals surface area contributed by atoms with Gasteiger partial charge in [0, 0.05) is 38.8 Å². The molecule has 2 atom stereocenters. The van der Waals surface area contributed by atoms with E-state index in [4.69, 9.17) is 9.47 Å².